The van der Waals surface area contributed by atoms with Crippen molar-refractivity contribution in [2.75, 3.05) is 13.6 Å². The summed E-state index contributed by atoms with van der Waals surface area (Å²) in [5.41, 5.74) is 1.20. The molecule has 92 valence electrons. The predicted molar refractivity (Wildman–Crippen MR) is 64.7 cm³/mol. The van der Waals surface area contributed by atoms with Crippen LogP contribution in [0.25, 0.3) is 0 Å². The molecule has 0 bridgehead atoms. The molecule has 1 amide bonds. The molecule has 0 aliphatic heterocycles. The fourth-order valence-electron chi connectivity index (χ4n) is 1.57. The number of hydrogen-bond acceptors (Lipinski definition) is 2. The van der Waals surface area contributed by atoms with Gasteiger partial charge in [0.1, 0.15) is 6.54 Å². The van der Waals surface area contributed by atoms with Crippen molar-refractivity contribution in [3.63, 3.8) is 0 Å². The molecule has 1 rings (SSSR count). The van der Waals surface area contributed by atoms with Crippen LogP contribution in [-0.4, -0.2) is 35.5 Å². The van der Waals surface area contributed by atoms with E-state index in [1.165, 1.54) is 17.5 Å². The van der Waals surface area contributed by atoms with Crippen molar-refractivity contribution in [3.8, 4) is 0 Å². The highest BCUT2D eigenvalue weighted by atomic mass is 16.4. The number of hydrogen-bond donors (Lipinski definition) is 1. The molecule has 1 aromatic rings. The number of benzene rings is 1. The zero-order chi connectivity index (χ0) is 12.7. The third-order valence-electron chi connectivity index (χ3n) is 2.50. The van der Waals surface area contributed by atoms with Crippen LogP contribution >= 0.6 is 0 Å². The molecule has 1 aromatic carbocycles. The standard InChI is InChI=1S/C13H17NO3/c1-14(10-13(16)17)12(15)9-5-8-11-6-3-2-4-7-11/h2-4,6-7H,5,8-10H2,1H3,(H,16,17). The molecular formula is C13H17NO3. The SMILES string of the molecule is CN(CC(=O)O)C(=O)CCCc1ccccc1. The van der Waals surface area contributed by atoms with Crippen molar-refractivity contribution in [1.82, 2.24) is 4.90 Å². The molecule has 17 heavy (non-hydrogen) atoms. The molecule has 0 radical (unpaired) electrons. The summed E-state index contributed by atoms with van der Waals surface area (Å²) in [5, 5.41) is 8.54. The van der Waals surface area contributed by atoms with Crippen molar-refractivity contribution in [2.24, 2.45) is 0 Å². The zero-order valence-electron chi connectivity index (χ0n) is 9.93. The molecule has 0 fully saturated rings. The van der Waals surface area contributed by atoms with Gasteiger partial charge in [0, 0.05) is 13.5 Å². The maximum Gasteiger partial charge on any atom is 0.323 e. The van der Waals surface area contributed by atoms with Crippen molar-refractivity contribution in [3.05, 3.63) is 35.9 Å². The molecule has 0 saturated carbocycles. The number of carbonyl (C=O) groups is 2. The minimum absolute atomic E-state index is 0.122. The van der Waals surface area contributed by atoms with Crippen molar-refractivity contribution in [1.29, 1.82) is 0 Å². The Morgan fingerprint density at radius 2 is 1.88 bits per heavy atom. The molecule has 4 heteroatoms. The van der Waals surface area contributed by atoms with Crippen LogP contribution in [0.2, 0.25) is 0 Å². The van der Waals surface area contributed by atoms with Crippen LogP contribution in [-0.2, 0) is 16.0 Å². The van der Waals surface area contributed by atoms with E-state index in [1.807, 2.05) is 30.3 Å². The van der Waals surface area contributed by atoms with E-state index in [2.05, 4.69) is 0 Å². The van der Waals surface area contributed by atoms with Gasteiger partial charge in [-0.05, 0) is 18.4 Å². The maximum absolute atomic E-state index is 11.5. The van der Waals surface area contributed by atoms with E-state index >= 15 is 0 Å². The van der Waals surface area contributed by atoms with Gasteiger partial charge in [0.05, 0.1) is 0 Å². The number of amides is 1. The first-order valence-electron chi connectivity index (χ1n) is 5.59. The lowest BCUT2D eigenvalue weighted by Gasteiger charge is -2.14. The number of aliphatic carboxylic acids is 1. The van der Waals surface area contributed by atoms with E-state index in [0.717, 1.165) is 12.8 Å². The highest BCUT2D eigenvalue weighted by Gasteiger charge is 2.11. The molecule has 0 aromatic heterocycles. The second-order valence-corrected chi connectivity index (χ2v) is 3.98. The predicted octanol–water partition coefficient (Wildman–Crippen LogP) is 1.55. The quantitative estimate of drug-likeness (QED) is 0.814. The monoisotopic (exact) mass is 235 g/mol. The summed E-state index contributed by atoms with van der Waals surface area (Å²) in [6, 6.07) is 9.92. The second kappa shape index (κ2) is 6.68. The van der Waals surface area contributed by atoms with Crippen LogP contribution < -0.4 is 0 Å². The van der Waals surface area contributed by atoms with Gasteiger partial charge in [-0.1, -0.05) is 30.3 Å². The minimum atomic E-state index is -0.982. The zero-order valence-corrected chi connectivity index (χ0v) is 9.93. The lowest BCUT2D eigenvalue weighted by Crippen LogP contribution is -2.31. The Hall–Kier alpha value is -1.84. The van der Waals surface area contributed by atoms with Crippen LogP contribution in [0.5, 0.6) is 0 Å². The van der Waals surface area contributed by atoms with E-state index in [-0.39, 0.29) is 12.5 Å². The smallest absolute Gasteiger partial charge is 0.323 e. The Kier molecular flexibility index (Phi) is 5.20. The summed E-state index contributed by atoms with van der Waals surface area (Å²) >= 11 is 0. The average Bonchev–Trinajstić information content (AvgIpc) is 2.29. The highest BCUT2D eigenvalue weighted by molar-refractivity contribution is 5.80. The van der Waals surface area contributed by atoms with Gasteiger partial charge in [-0.3, -0.25) is 9.59 Å². The third kappa shape index (κ3) is 5.15. The van der Waals surface area contributed by atoms with E-state index in [9.17, 15) is 9.59 Å². The molecule has 0 aliphatic carbocycles. The molecular weight excluding hydrogens is 218 g/mol. The lowest BCUT2D eigenvalue weighted by molar-refractivity contribution is -0.143. The number of rotatable bonds is 6. The summed E-state index contributed by atoms with van der Waals surface area (Å²) < 4.78 is 0. The van der Waals surface area contributed by atoms with Crippen LogP contribution in [0.4, 0.5) is 0 Å². The van der Waals surface area contributed by atoms with Crippen molar-refractivity contribution < 1.29 is 14.7 Å². The first-order valence-corrected chi connectivity index (χ1v) is 5.59. The molecule has 0 spiro atoms. The average molecular weight is 235 g/mol. The van der Waals surface area contributed by atoms with Gasteiger partial charge >= 0.3 is 5.97 Å². The molecule has 0 unspecified atom stereocenters. The molecule has 1 N–H and O–H groups in total. The number of carboxylic acid groups (broad SMARTS) is 1. The number of nitrogens with zero attached hydrogens (tertiary/aromatic N) is 1. The van der Waals surface area contributed by atoms with Crippen molar-refractivity contribution >= 4 is 11.9 Å². The fraction of sp³-hybridized carbons (Fsp3) is 0.385. The van der Waals surface area contributed by atoms with E-state index in [0.29, 0.717) is 6.42 Å². The Balaban J connectivity index is 2.27. The van der Waals surface area contributed by atoms with E-state index in [4.69, 9.17) is 5.11 Å². The molecule has 0 aliphatic rings. The van der Waals surface area contributed by atoms with Crippen LogP contribution in [0, 0.1) is 0 Å². The van der Waals surface area contributed by atoms with Gasteiger partial charge in [-0.25, -0.2) is 0 Å². The Morgan fingerprint density at radius 1 is 1.24 bits per heavy atom. The second-order valence-electron chi connectivity index (χ2n) is 3.98. The van der Waals surface area contributed by atoms with Crippen LogP contribution in [0.3, 0.4) is 0 Å². The lowest BCUT2D eigenvalue weighted by atomic mass is 10.1. The van der Waals surface area contributed by atoms with Crippen LogP contribution in [0.15, 0.2) is 30.3 Å². The largest absolute Gasteiger partial charge is 0.480 e. The third-order valence-corrected chi connectivity index (χ3v) is 2.50. The summed E-state index contributed by atoms with van der Waals surface area (Å²) in [4.78, 5) is 23.2. The van der Waals surface area contributed by atoms with E-state index < -0.39 is 5.97 Å². The molecule has 0 atom stereocenters. The Labute approximate surface area is 101 Å². The summed E-state index contributed by atoms with van der Waals surface area (Å²) in [5.74, 6) is -1.10. The molecule has 0 saturated heterocycles. The number of likely N-dealkylation sites (N-methyl/N-ethyl adjacent to an activating group) is 1. The number of carboxylic acids is 1. The van der Waals surface area contributed by atoms with Crippen LogP contribution in [0.1, 0.15) is 18.4 Å². The van der Waals surface area contributed by atoms with Gasteiger partial charge in [0.25, 0.3) is 0 Å². The first-order chi connectivity index (χ1) is 8.09. The Bertz CT molecular complexity index is 376. The summed E-state index contributed by atoms with van der Waals surface area (Å²) in [6.07, 6.45) is 1.97. The summed E-state index contributed by atoms with van der Waals surface area (Å²) in [7, 11) is 1.51. The van der Waals surface area contributed by atoms with Gasteiger partial charge in [-0.15, -0.1) is 0 Å². The number of aryl methyl sites for hydroxylation is 1. The normalized spacial score (nSPS) is 9.94. The van der Waals surface area contributed by atoms with E-state index in [1.54, 1.807) is 0 Å². The Morgan fingerprint density at radius 3 is 2.47 bits per heavy atom. The fourth-order valence-corrected chi connectivity index (χ4v) is 1.57. The van der Waals surface area contributed by atoms with Crippen molar-refractivity contribution in [2.45, 2.75) is 19.3 Å². The van der Waals surface area contributed by atoms with Gasteiger partial charge in [-0.2, -0.15) is 0 Å². The van der Waals surface area contributed by atoms with Gasteiger partial charge in [0.2, 0.25) is 5.91 Å². The minimum Gasteiger partial charge on any atom is -0.480 e. The first kappa shape index (κ1) is 13.2. The summed E-state index contributed by atoms with van der Waals surface area (Å²) in [6.45, 7) is -0.232. The maximum atomic E-state index is 11.5. The van der Waals surface area contributed by atoms with Gasteiger partial charge < -0.3 is 10.0 Å². The molecule has 0 heterocycles. The number of carbonyl (C=O) groups excluding carboxylic acids is 1. The van der Waals surface area contributed by atoms with Gasteiger partial charge in [0.15, 0.2) is 0 Å². The topological polar surface area (TPSA) is 57.6 Å². The highest BCUT2D eigenvalue weighted by Crippen LogP contribution is 2.05. The molecule has 4 nitrogen and oxygen atoms in total.